The van der Waals surface area contributed by atoms with Gasteiger partial charge in [0.05, 0.1) is 0 Å². The van der Waals surface area contributed by atoms with Crippen molar-refractivity contribution in [2.45, 2.75) is 6.42 Å². The van der Waals surface area contributed by atoms with Crippen LogP contribution in [0.5, 0.6) is 5.75 Å². The molecule has 0 unspecified atom stereocenters. The molecule has 0 atom stereocenters. The Kier molecular flexibility index (Phi) is 5.13. The van der Waals surface area contributed by atoms with Gasteiger partial charge in [0.25, 0.3) is 5.91 Å². The van der Waals surface area contributed by atoms with Crippen molar-refractivity contribution in [2.75, 3.05) is 29.9 Å². The molecule has 1 aliphatic heterocycles. The molecule has 2 aromatic rings. The molecule has 1 heterocycles. The van der Waals surface area contributed by atoms with Crippen molar-refractivity contribution in [1.29, 1.82) is 0 Å². The molecule has 0 aliphatic carbocycles. The maximum atomic E-state index is 12.8. The average Bonchev–Trinajstić information content (AvgIpc) is 2.62. The molecule has 130 valence electrons. The van der Waals surface area contributed by atoms with Crippen LogP contribution < -0.4 is 20.3 Å². The van der Waals surface area contributed by atoms with Crippen LogP contribution in [-0.4, -0.2) is 31.6 Å². The number of anilines is 2. The van der Waals surface area contributed by atoms with E-state index in [-0.39, 0.29) is 24.4 Å². The van der Waals surface area contributed by atoms with Crippen LogP contribution in [0.25, 0.3) is 0 Å². The summed E-state index contributed by atoms with van der Waals surface area (Å²) >= 11 is 0. The number of amides is 3. The molecule has 0 saturated carbocycles. The second kappa shape index (κ2) is 7.65. The van der Waals surface area contributed by atoms with Gasteiger partial charge in [-0.25, -0.2) is 9.18 Å². The highest BCUT2D eigenvalue weighted by Crippen LogP contribution is 2.20. The summed E-state index contributed by atoms with van der Waals surface area (Å²) in [5.74, 6) is -0.268. The topological polar surface area (TPSA) is 70.7 Å². The van der Waals surface area contributed by atoms with E-state index >= 15 is 0 Å². The van der Waals surface area contributed by atoms with E-state index in [0.29, 0.717) is 24.5 Å². The first-order valence-corrected chi connectivity index (χ1v) is 7.95. The second-order valence-electron chi connectivity index (χ2n) is 5.57. The molecule has 0 bridgehead atoms. The SMILES string of the molecule is O=C(COc1ccc(F)cc1)Nc1ccc(N2CCCNC2=O)cc1. The standard InChI is InChI=1S/C18H18FN3O3/c19-13-2-8-16(9-3-13)25-12-17(23)21-14-4-6-15(7-5-14)22-11-1-10-20-18(22)24/h2-9H,1,10-12H2,(H,20,24)(H,21,23). The first-order valence-electron chi connectivity index (χ1n) is 7.95. The molecule has 2 N–H and O–H groups in total. The number of nitrogens with one attached hydrogen (secondary N) is 2. The van der Waals surface area contributed by atoms with Gasteiger partial charge in [-0.3, -0.25) is 9.69 Å². The van der Waals surface area contributed by atoms with Crippen LogP contribution in [0, 0.1) is 5.82 Å². The van der Waals surface area contributed by atoms with Crippen LogP contribution >= 0.6 is 0 Å². The molecule has 3 amide bonds. The molecule has 1 fully saturated rings. The predicted molar refractivity (Wildman–Crippen MR) is 92.3 cm³/mol. The maximum absolute atomic E-state index is 12.8. The van der Waals surface area contributed by atoms with Crippen molar-refractivity contribution in [3.8, 4) is 5.75 Å². The van der Waals surface area contributed by atoms with Gasteiger partial charge in [-0.05, 0) is 55.0 Å². The normalized spacial score (nSPS) is 14.0. The van der Waals surface area contributed by atoms with Gasteiger partial charge < -0.3 is 15.4 Å². The minimum Gasteiger partial charge on any atom is -0.484 e. The maximum Gasteiger partial charge on any atom is 0.321 e. The fraction of sp³-hybridized carbons (Fsp3) is 0.222. The highest BCUT2D eigenvalue weighted by Gasteiger charge is 2.18. The van der Waals surface area contributed by atoms with Crippen molar-refractivity contribution in [3.05, 3.63) is 54.3 Å². The quantitative estimate of drug-likeness (QED) is 0.877. The highest BCUT2D eigenvalue weighted by molar-refractivity contribution is 5.94. The van der Waals surface area contributed by atoms with Gasteiger partial charge in [-0.2, -0.15) is 0 Å². The number of halogens is 1. The Morgan fingerprint density at radius 2 is 1.88 bits per heavy atom. The van der Waals surface area contributed by atoms with Crippen molar-refractivity contribution < 1.29 is 18.7 Å². The Bertz CT molecular complexity index is 747. The zero-order valence-electron chi connectivity index (χ0n) is 13.5. The van der Waals surface area contributed by atoms with E-state index in [9.17, 15) is 14.0 Å². The van der Waals surface area contributed by atoms with E-state index < -0.39 is 0 Å². The van der Waals surface area contributed by atoms with Crippen molar-refractivity contribution in [1.82, 2.24) is 5.32 Å². The number of urea groups is 1. The molecular formula is C18H18FN3O3. The van der Waals surface area contributed by atoms with Crippen LogP contribution in [0.15, 0.2) is 48.5 Å². The summed E-state index contributed by atoms with van der Waals surface area (Å²) in [6.07, 6.45) is 0.894. The van der Waals surface area contributed by atoms with Crippen molar-refractivity contribution >= 4 is 23.3 Å². The lowest BCUT2D eigenvalue weighted by Gasteiger charge is -2.27. The third kappa shape index (κ3) is 4.47. The first kappa shape index (κ1) is 16.8. The van der Waals surface area contributed by atoms with Gasteiger partial charge in [-0.1, -0.05) is 0 Å². The number of hydrogen-bond donors (Lipinski definition) is 2. The van der Waals surface area contributed by atoms with E-state index in [2.05, 4.69) is 10.6 Å². The lowest BCUT2D eigenvalue weighted by molar-refractivity contribution is -0.118. The molecule has 0 radical (unpaired) electrons. The Hall–Kier alpha value is -3.09. The Morgan fingerprint density at radius 1 is 1.16 bits per heavy atom. The zero-order chi connectivity index (χ0) is 17.6. The van der Waals surface area contributed by atoms with E-state index in [1.807, 2.05) is 0 Å². The Labute approximate surface area is 144 Å². The third-order valence-electron chi connectivity index (χ3n) is 3.73. The van der Waals surface area contributed by atoms with E-state index in [1.165, 1.54) is 24.3 Å². The molecule has 1 saturated heterocycles. The predicted octanol–water partition coefficient (Wildman–Crippen LogP) is 2.76. The smallest absolute Gasteiger partial charge is 0.321 e. The number of ether oxygens (including phenoxy) is 1. The fourth-order valence-corrected chi connectivity index (χ4v) is 2.48. The molecule has 1 aliphatic rings. The minimum absolute atomic E-state index is 0.115. The minimum atomic E-state index is -0.362. The lowest BCUT2D eigenvalue weighted by Crippen LogP contribution is -2.46. The van der Waals surface area contributed by atoms with Crippen LogP contribution in [0.4, 0.5) is 20.6 Å². The van der Waals surface area contributed by atoms with Gasteiger partial charge in [0.15, 0.2) is 6.61 Å². The third-order valence-corrected chi connectivity index (χ3v) is 3.73. The molecule has 2 aromatic carbocycles. The first-order chi connectivity index (χ1) is 12.1. The molecule has 0 spiro atoms. The summed E-state index contributed by atoms with van der Waals surface area (Å²) in [4.78, 5) is 25.4. The van der Waals surface area contributed by atoms with E-state index in [0.717, 1.165) is 12.1 Å². The summed E-state index contributed by atoms with van der Waals surface area (Å²) in [6, 6.07) is 12.4. The number of nitrogens with zero attached hydrogens (tertiary/aromatic N) is 1. The van der Waals surface area contributed by atoms with Gasteiger partial charge in [0, 0.05) is 24.5 Å². The summed E-state index contributed by atoms with van der Waals surface area (Å²) in [7, 11) is 0. The molecule has 7 heteroatoms. The molecular weight excluding hydrogens is 325 g/mol. The number of rotatable bonds is 5. The lowest BCUT2D eigenvalue weighted by atomic mass is 10.2. The summed E-state index contributed by atoms with van der Waals surface area (Å²) < 4.78 is 18.1. The van der Waals surface area contributed by atoms with Crippen LogP contribution in [0.1, 0.15) is 6.42 Å². The fourth-order valence-electron chi connectivity index (χ4n) is 2.48. The largest absolute Gasteiger partial charge is 0.484 e. The average molecular weight is 343 g/mol. The summed E-state index contributed by atoms with van der Waals surface area (Å²) in [6.45, 7) is 1.18. The Balaban J connectivity index is 1.53. The number of carbonyl (C=O) groups is 2. The van der Waals surface area contributed by atoms with Gasteiger partial charge in [-0.15, -0.1) is 0 Å². The van der Waals surface area contributed by atoms with Gasteiger partial charge in [0.1, 0.15) is 11.6 Å². The monoisotopic (exact) mass is 343 g/mol. The van der Waals surface area contributed by atoms with E-state index in [4.69, 9.17) is 4.74 Å². The second-order valence-corrected chi connectivity index (χ2v) is 5.57. The summed E-state index contributed by atoms with van der Waals surface area (Å²) in [5, 5.41) is 5.50. The number of carbonyl (C=O) groups excluding carboxylic acids is 2. The molecule has 0 aromatic heterocycles. The molecule has 3 rings (SSSR count). The van der Waals surface area contributed by atoms with Crippen LogP contribution in [-0.2, 0) is 4.79 Å². The molecule has 25 heavy (non-hydrogen) atoms. The van der Waals surface area contributed by atoms with E-state index in [1.54, 1.807) is 29.2 Å². The van der Waals surface area contributed by atoms with Crippen LogP contribution in [0.2, 0.25) is 0 Å². The van der Waals surface area contributed by atoms with Crippen molar-refractivity contribution in [2.24, 2.45) is 0 Å². The Morgan fingerprint density at radius 3 is 2.56 bits per heavy atom. The molecule has 6 nitrogen and oxygen atoms in total. The van der Waals surface area contributed by atoms with Gasteiger partial charge >= 0.3 is 6.03 Å². The van der Waals surface area contributed by atoms with Crippen LogP contribution in [0.3, 0.4) is 0 Å². The number of hydrogen-bond acceptors (Lipinski definition) is 3. The zero-order valence-corrected chi connectivity index (χ0v) is 13.5. The number of benzene rings is 2. The van der Waals surface area contributed by atoms with Crippen molar-refractivity contribution in [3.63, 3.8) is 0 Å². The van der Waals surface area contributed by atoms with Gasteiger partial charge in [0.2, 0.25) is 0 Å². The summed E-state index contributed by atoms with van der Waals surface area (Å²) in [5.41, 5.74) is 1.38. The highest BCUT2D eigenvalue weighted by atomic mass is 19.1.